The molecule has 0 radical (unpaired) electrons. The number of hydrogen-bond acceptors (Lipinski definition) is 3. The van der Waals surface area contributed by atoms with Crippen LogP contribution in [-0.4, -0.2) is 35.6 Å². The van der Waals surface area contributed by atoms with Crippen molar-refractivity contribution in [2.45, 2.75) is 26.4 Å². The van der Waals surface area contributed by atoms with E-state index < -0.39 is 0 Å². The van der Waals surface area contributed by atoms with Crippen molar-refractivity contribution in [3.8, 4) is 0 Å². The smallest absolute Gasteiger partial charge is 0.0594 e. The van der Waals surface area contributed by atoms with Gasteiger partial charge in [0.25, 0.3) is 0 Å². The quantitative estimate of drug-likeness (QED) is 0.683. The van der Waals surface area contributed by atoms with E-state index in [1.807, 2.05) is 24.0 Å². The molecule has 0 aliphatic rings. The molecule has 0 aliphatic carbocycles. The lowest BCUT2D eigenvalue weighted by Gasteiger charge is -2.08. The molecule has 86 valence electrons. The first-order valence-electron chi connectivity index (χ1n) is 5.49. The molecule has 0 saturated carbocycles. The Balaban J connectivity index is 2.00. The van der Waals surface area contributed by atoms with Crippen LogP contribution in [-0.2, 0) is 18.2 Å². The first-order chi connectivity index (χ1) is 7.20. The van der Waals surface area contributed by atoms with E-state index in [9.17, 15) is 0 Å². The number of aryl methyl sites for hydroxylation is 1. The van der Waals surface area contributed by atoms with Gasteiger partial charge in [-0.3, -0.25) is 4.68 Å². The Bertz CT molecular complexity index is 271. The van der Waals surface area contributed by atoms with Gasteiger partial charge in [0.2, 0.25) is 0 Å². The number of ether oxygens (including phenoxy) is 1. The van der Waals surface area contributed by atoms with Crippen molar-refractivity contribution >= 4 is 0 Å². The van der Waals surface area contributed by atoms with Crippen LogP contribution in [0, 0.1) is 0 Å². The third kappa shape index (κ3) is 4.95. The van der Waals surface area contributed by atoms with Gasteiger partial charge >= 0.3 is 0 Å². The Morgan fingerprint density at radius 3 is 2.87 bits per heavy atom. The summed E-state index contributed by atoms with van der Waals surface area (Å²) in [7, 11) is 1.97. The molecule has 0 aliphatic heterocycles. The molecule has 0 saturated heterocycles. The van der Waals surface area contributed by atoms with E-state index in [1.54, 1.807) is 0 Å². The molecule has 1 rings (SSSR count). The second kappa shape index (κ2) is 6.58. The molecule has 0 bridgehead atoms. The lowest BCUT2D eigenvalue weighted by atomic mass is 10.3. The zero-order valence-electron chi connectivity index (χ0n) is 9.86. The van der Waals surface area contributed by atoms with E-state index in [-0.39, 0.29) is 0 Å². The highest BCUT2D eigenvalue weighted by molar-refractivity contribution is 5.00. The van der Waals surface area contributed by atoms with Crippen molar-refractivity contribution in [3.05, 3.63) is 18.0 Å². The van der Waals surface area contributed by atoms with Crippen LogP contribution >= 0.6 is 0 Å². The molecule has 4 heteroatoms. The fraction of sp³-hybridized carbons (Fsp3) is 0.727. The van der Waals surface area contributed by atoms with Gasteiger partial charge < -0.3 is 10.1 Å². The average molecular weight is 211 g/mol. The normalized spacial score (nSPS) is 11.2. The molecule has 1 aromatic rings. The minimum Gasteiger partial charge on any atom is -0.377 e. The van der Waals surface area contributed by atoms with Gasteiger partial charge in [-0.2, -0.15) is 5.10 Å². The topological polar surface area (TPSA) is 39.1 Å². The van der Waals surface area contributed by atoms with Crippen molar-refractivity contribution in [3.63, 3.8) is 0 Å². The number of rotatable bonds is 7. The van der Waals surface area contributed by atoms with Crippen LogP contribution < -0.4 is 5.32 Å². The van der Waals surface area contributed by atoms with E-state index >= 15 is 0 Å². The molecule has 1 heterocycles. The summed E-state index contributed by atoms with van der Waals surface area (Å²) in [6, 6.07) is 2.05. The number of hydrogen-bond donors (Lipinski definition) is 1. The number of nitrogens with zero attached hydrogens (tertiary/aromatic N) is 2. The third-order valence-corrected chi connectivity index (χ3v) is 2.21. The fourth-order valence-electron chi connectivity index (χ4n) is 1.35. The standard InChI is InChI=1S/C11H21N3O/c1-10(2)15-9-8-12-6-4-11-5-7-13-14(11)3/h5,7,10,12H,4,6,8-9H2,1-3H3. The van der Waals surface area contributed by atoms with Gasteiger partial charge in [0.1, 0.15) is 0 Å². The maximum atomic E-state index is 5.42. The highest BCUT2D eigenvalue weighted by Gasteiger charge is 1.97. The van der Waals surface area contributed by atoms with Crippen LogP contribution in [0.3, 0.4) is 0 Å². The largest absolute Gasteiger partial charge is 0.377 e. The third-order valence-electron chi connectivity index (χ3n) is 2.21. The van der Waals surface area contributed by atoms with E-state index in [4.69, 9.17) is 4.74 Å². The molecule has 1 aromatic heterocycles. The SMILES string of the molecule is CC(C)OCCNCCc1ccnn1C. The first-order valence-corrected chi connectivity index (χ1v) is 5.49. The van der Waals surface area contributed by atoms with Crippen molar-refractivity contribution in [2.24, 2.45) is 7.05 Å². The molecule has 0 spiro atoms. The highest BCUT2D eigenvalue weighted by atomic mass is 16.5. The lowest BCUT2D eigenvalue weighted by molar-refractivity contribution is 0.0809. The zero-order valence-corrected chi connectivity index (χ0v) is 9.86. The van der Waals surface area contributed by atoms with E-state index in [1.165, 1.54) is 5.69 Å². The summed E-state index contributed by atoms with van der Waals surface area (Å²) in [5, 5.41) is 7.46. The Kier molecular flexibility index (Phi) is 5.36. The van der Waals surface area contributed by atoms with Crippen LogP contribution in [0.4, 0.5) is 0 Å². The Labute approximate surface area is 91.6 Å². The van der Waals surface area contributed by atoms with Crippen LogP contribution in [0.25, 0.3) is 0 Å². The molecule has 15 heavy (non-hydrogen) atoms. The monoisotopic (exact) mass is 211 g/mol. The zero-order chi connectivity index (χ0) is 11.1. The average Bonchev–Trinajstić information content (AvgIpc) is 2.57. The van der Waals surface area contributed by atoms with Crippen molar-refractivity contribution in [2.75, 3.05) is 19.7 Å². The molecule has 0 aromatic carbocycles. The molecular weight excluding hydrogens is 190 g/mol. The van der Waals surface area contributed by atoms with Gasteiger partial charge in [0.05, 0.1) is 12.7 Å². The number of aromatic nitrogens is 2. The van der Waals surface area contributed by atoms with E-state index in [2.05, 4.69) is 24.3 Å². The molecule has 0 fully saturated rings. The van der Waals surface area contributed by atoms with E-state index in [0.29, 0.717) is 6.10 Å². The van der Waals surface area contributed by atoms with Gasteiger partial charge in [-0.1, -0.05) is 0 Å². The van der Waals surface area contributed by atoms with Crippen molar-refractivity contribution in [1.29, 1.82) is 0 Å². The Morgan fingerprint density at radius 1 is 1.47 bits per heavy atom. The molecule has 0 unspecified atom stereocenters. The summed E-state index contributed by atoms with van der Waals surface area (Å²) in [5.41, 5.74) is 1.26. The molecular formula is C11H21N3O. The van der Waals surface area contributed by atoms with Gasteiger partial charge in [-0.05, 0) is 19.9 Å². The summed E-state index contributed by atoms with van der Waals surface area (Å²) < 4.78 is 7.33. The summed E-state index contributed by atoms with van der Waals surface area (Å²) in [5.74, 6) is 0. The summed E-state index contributed by atoms with van der Waals surface area (Å²) in [6.07, 6.45) is 3.17. The lowest BCUT2D eigenvalue weighted by Crippen LogP contribution is -2.24. The van der Waals surface area contributed by atoms with Gasteiger partial charge in [-0.15, -0.1) is 0 Å². The maximum Gasteiger partial charge on any atom is 0.0594 e. The fourth-order valence-corrected chi connectivity index (χ4v) is 1.35. The summed E-state index contributed by atoms with van der Waals surface area (Å²) in [4.78, 5) is 0. The summed E-state index contributed by atoms with van der Waals surface area (Å²) in [6.45, 7) is 6.77. The maximum absolute atomic E-state index is 5.42. The van der Waals surface area contributed by atoms with Crippen LogP contribution in [0.5, 0.6) is 0 Å². The van der Waals surface area contributed by atoms with Gasteiger partial charge in [-0.25, -0.2) is 0 Å². The van der Waals surface area contributed by atoms with E-state index in [0.717, 1.165) is 26.1 Å². The predicted octanol–water partition coefficient (Wildman–Crippen LogP) is 0.977. The number of nitrogens with one attached hydrogen (secondary N) is 1. The Hall–Kier alpha value is -0.870. The second-order valence-electron chi connectivity index (χ2n) is 3.87. The summed E-state index contributed by atoms with van der Waals surface area (Å²) >= 11 is 0. The predicted molar refractivity (Wildman–Crippen MR) is 60.9 cm³/mol. The van der Waals surface area contributed by atoms with Crippen molar-refractivity contribution < 1.29 is 4.74 Å². The molecule has 1 N–H and O–H groups in total. The van der Waals surface area contributed by atoms with Crippen LogP contribution in [0.2, 0.25) is 0 Å². The van der Waals surface area contributed by atoms with Crippen LogP contribution in [0.1, 0.15) is 19.5 Å². The second-order valence-corrected chi connectivity index (χ2v) is 3.87. The minimum atomic E-state index is 0.323. The van der Waals surface area contributed by atoms with Crippen LogP contribution in [0.15, 0.2) is 12.3 Å². The highest BCUT2D eigenvalue weighted by Crippen LogP contribution is 1.95. The molecule has 0 atom stereocenters. The molecule has 0 amide bonds. The molecule has 4 nitrogen and oxygen atoms in total. The Morgan fingerprint density at radius 2 is 2.27 bits per heavy atom. The first kappa shape index (κ1) is 12.2. The van der Waals surface area contributed by atoms with Crippen molar-refractivity contribution in [1.82, 2.24) is 15.1 Å². The van der Waals surface area contributed by atoms with Gasteiger partial charge in [0, 0.05) is 38.4 Å². The minimum absolute atomic E-state index is 0.323. The van der Waals surface area contributed by atoms with Gasteiger partial charge in [0.15, 0.2) is 0 Å².